The summed E-state index contributed by atoms with van der Waals surface area (Å²) in [6, 6.07) is 18.2. The standard InChI is InChI=1S/C57H34O3/c1-21-22(2)34(59-3)9-8-33(21)56-19-31-16-29-14-27-12-25-11-26-13-28-15-30-17-32(20-56)57(18-23-6-5-7-24(10-23)55(58)60-4)52(30)49-39(28)43-36(26)35(25)41-38(27)42-37(29)40(31)50-48-45(42)44(41)46(43)47(49)51(48)54(57)53(50)56/h5-10,12-15,19-20,28,39H,11,16-18H2,1-4H3. The molecule has 0 heterocycles. The second-order valence-corrected chi connectivity index (χ2v) is 20.0. The van der Waals surface area contributed by atoms with Crippen LogP contribution in [0.25, 0.3) is 81.4 Å². The van der Waals surface area contributed by atoms with E-state index in [-0.39, 0.29) is 11.4 Å². The summed E-state index contributed by atoms with van der Waals surface area (Å²) in [7, 11) is 3.30. The maximum Gasteiger partial charge on any atom is 0.337 e. The highest BCUT2D eigenvalue weighted by Gasteiger charge is 2.64. The molecule has 280 valence electrons. The number of rotatable bonds is 5. The molecule has 0 amide bonds. The van der Waals surface area contributed by atoms with Gasteiger partial charge >= 0.3 is 5.97 Å². The maximum absolute atomic E-state index is 13.1. The Morgan fingerprint density at radius 3 is 2.28 bits per heavy atom. The van der Waals surface area contributed by atoms with Crippen LogP contribution in [0.5, 0.6) is 5.75 Å². The Morgan fingerprint density at radius 2 is 1.45 bits per heavy atom. The van der Waals surface area contributed by atoms with Gasteiger partial charge in [-0.2, -0.15) is 0 Å². The van der Waals surface area contributed by atoms with E-state index in [9.17, 15) is 4.79 Å². The normalized spacial score (nSPS) is 25.7. The molecule has 0 spiro atoms. The molecule has 4 atom stereocenters. The summed E-state index contributed by atoms with van der Waals surface area (Å²) in [5.41, 5.74) is 26.9. The molecule has 0 saturated heterocycles. The lowest BCUT2D eigenvalue weighted by Gasteiger charge is -2.49. The third-order valence-corrected chi connectivity index (χ3v) is 18.2. The molecule has 9 aliphatic carbocycles. The number of hydrogen-bond donors (Lipinski definition) is 0. The predicted molar refractivity (Wildman–Crippen MR) is 240 cm³/mol. The van der Waals surface area contributed by atoms with E-state index in [1.165, 1.54) is 84.3 Å². The molecule has 9 aromatic rings. The van der Waals surface area contributed by atoms with E-state index in [2.05, 4.69) is 80.6 Å². The van der Waals surface area contributed by atoms with Gasteiger partial charge in [0.2, 0.25) is 0 Å². The average Bonchev–Trinajstić information content (AvgIpc) is 4.09. The molecule has 1 saturated carbocycles. The van der Waals surface area contributed by atoms with Gasteiger partial charge in [-0.3, -0.25) is 0 Å². The fourth-order valence-corrected chi connectivity index (χ4v) is 16.6. The minimum atomic E-state index is -0.447. The molecular formula is C57H34O3. The Kier molecular flexibility index (Phi) is 4.18. The molecule has 0 N–H and O–H groups in total. The van der Waals surface area contributed by atoms with Crippen molar-refractivity contribution in [2.24, 2.45) is 5.92 Å². The molecule has 4 unspecified atom stereocenters. The smallest absolute Gasteiger partial charge is 0.337 e. The third-order valence-electron chi connectivity index (χ3n) is 18.2. The number of carbonyl (C=O) groups excluding carboxylic acids is 1. The molecule has 0 aromatic heterocycles. The maximum atomic E-state index is 13.1. The SMILES string of the molecule is COC(=O)c1cccc(CC23C4=CC5(c6ccc(OC)c(C)c6C)C=C6Cc7cc8cc9c%10c%11c%12c%13c(c%14c2c5c2c6c7c5c8c%10c%13c5c2%14)C2=C3C(=CC(C=C%11C9)C2%12)C4)c1. The number of methoxy groups -OCH3 is 2. The highest BCUT2D eigenvalue weighted by molar-refractivity contribution is 6.54. The zero-order valence-corrected chi connectivity index (χ0v) is 33.6. The van der Waals surface area contributed by atoms with E-state index >= 15 is 0 Å². The zero-order chi connectivity index (χ0) is 38.9. The Labute approximate surface area is 344 Å². The summed E-state index contributed by atoms with van der Waals surface area (Å²) in [6.07, 6.45) is 14.8. The van der Waals surface area contributed by atoms with Gasteiger partial charge in [-0.25, -0.2) is 4.79 Å². The van der Waals surface area contributed by atoms with Crippen LogP contribution in [0.15, 0.2) is 89.6 Å². The van der Waals surface area contributed by atoms with Gasteiger partial charge in [0.25, 0.3) is 0 Å². The van der Waals surface area contributed by atoms with Gasteiger partial charge in [0.05, 0.1) is 25.2 Å². The quantitative estimate of drug-likeness (QED) is 0.0994. The molecule has 0 aliphatic heterocycles. The van der Waals surface area contributed by atoms with Crippen molar-refractivity contribution < 1.29 is 14.3 Å². The van der Waals surface area contributed by atoms with Crippen LogP contribution in [0.2, 0.25) is 0 Å². The van der Waals surface area contributed by atoms with Gasteiger partial charge in [-0.15, -0.1) is 0 Å². The average molecular weight is 767 g/mol. The summed E-state index contributed by atoms with van der Waals surface area (Å²) < 4.78 is 11.3. The summed E-state index contributed by atoms with van der Waals surface area (Å²) in [6.45, 7) is 4.58. The van der Waals surface area contributed by atoms with Gasteiger partial charge in [-0.05, 0) is 217 Å². The molecule has 1 fully saturated rings. The zero-order valence-electron chi connectivity index (χ0n) is 33.6. The van der Waals surface area contributed by atoms with E-state index in [0.717, 1.165) is 31.4 Å². The topological polar surface area (TPSA) is 35.5 Å². The number of carbonyl (C=O) groups is 1. The minimum absolute atomic E-state index is 0.274. The van der Waals surface area contributed by atoms with Crippen molar-refractivity contribution in [3.63, 3.8) is 0 Å². The molecule has 9 aromatic carbocycles. The second kappa shape index (κ2) is 8.45. The van der Waals surface area contributed by atoms with Crippen molar-refractivity contribution in [2.45, 2.75) is 56.3 Å². The van der Waals surface area contributed by atoms with E-state index in [1.54, 1.807) is 94.7 Å². The summed E-state index contributed by atoms with van der Waals surface area (Å²) >= 11 is 0. The summed E-state index contributed by atoms with van der Waals surface area (Å²) in [4.78, 5) is 13.1. The van der Waals surface area contributed by atoms with Gasteiger partial charge in [0, 0.05) is 17.3 Å². The lowest BCUT2D eigenvalue weighted by molar-refractivity contribution is 0.0600. The summed E-state index contributed by atoms with van der Waals surface area (Å²) in [5.74, 6) is 1.37. The van der Waals surface area contributed by atoms with Crippen molar-refractivity contribution in [2.75, 3.05) is 14.2 Å². The Hall–Kier alpha value is -6.45. The van der Waals surface area contributed by atoms with E-state index in [1.807, 2.05) is 6.07 Å². The van der Waals surface area contributed by atoms with Crippen molar-refractivity contribution in [3.8, 4) is 5.75 Å². The lowest BCUT2D eigenvalue weighted by Crippen LogP contribution is -2.42. The summed E-state index contributed by atoms with van der Waals surface area (Å²) in [5, 5.41) is 18.6. The Balaban J connectivity index is 1.14. The van der Waals surface area contributed by atoms with Crippen LogP contribution in [-0.2, 0) is 34.8 Å². The van der Waals surface area contributed by atoms with Crippen molar-refractivity contribution in [1.82, 2.24) is 0 Å². The first-order valence-corrected chi connectivity index (χ1v) is 22.0. The first-order chi connectivity index (χ1) is 29.4. The van der Waals surface area contributed by atoms with Gasteiger partial charge < -0.3 is 9.47 Å². The van der Waals surface area contributed by atoms with Crippen molar-refractivity contribution >= 4 is 87.3 Å². The largest absolute Gasteiger partial charge is 0.496 e. The van der Waals surface area contributed by atoms with Crippen molar-refractivity contribution in [3.05, 3.63) is 162 Å². The molecule has 9 aliphatic rings. The Bertz CT molecular complexity index is 4010. The molecule has 0 bridgehead atoms. The van der Waals surface area contributed by atoms with E-state index < -0.39 is 5.41 Å². The number of hydrogen-bond acceptors (Lipinski definition) is 3. The van der Waals surface area contributed by atoms with Crippen LogP contribution < -0.4 is 4.74 Å². The van der Waals surface area contributed by atoms with Crippen LogP contribution in [-0.4, -0.2) is 20.2 Å². The van der Waals surface area contributed by atoms with Gasteiger partial charge in [0.1, 0.15) is 5.75 Å². The highest BCUT2D eigenvalue weighted by Crippen LogP contribution is 2.78. The molecule has 3 nitrogen and oxygen atoms in total. The molecular weight excluding hydrogens is 733 g/mol. The first kappa shape index (κ1) is 29.7. The third kappa shape index (κ3) is 2.50. The van der Waals surface area contributed by atoms with Crippen LogP contribution >= 0.6 is 0 Å². The van der Waals surface area contributed by atoms with Gasteiger partial charge in [-0.1, -0.05) is 60.2 Å². The molecule has 18 rings (SSSR count). The highest BCUT2D eigenvalue weighted by atomic mass is 16.5. The fourth-order valence-electron chi connectivity index (χ4n) is 16.6. The van der Waals surface area contributed by atoms with E-state index in [0.29, 0.717) is 17.4 Å². The monoisotopic (exact) mass is 766 g/mol. The number of ether oxygens (including phenoxy) is 2. The molecule has 0 radical (unpaired) electrons. The van der Waals surface area contributed by atoms with Crippen LogP contribution in [0.4, 0.5) is 0 Å². The Morgan fingerprint density at radius 1 is 0.700 bits per heavy atom. The van der Waals surface area contributed by atoms with Crippen LogP contribution in [0.1, 0.15) is 89.5 Å². The van der Waals surface area contributed by atoms with Crippen LogP contribution in [0, 0.1) is 19.8 Å². The number of allylic oxidation sites excluding steroid dienone is 10. The van der Waals surface area contributed by atoms with Crippen molar-refractivity contribution in [1.29, 1.82) is 0 Å². The fraction of sp³-hybridized carbons (Fsp3) is 0.211. The molecule has 60 heavy (non-hydrogen) atoms. The van der Waals surface area contributed by atoms with Gasteiger partial charge in [0.15, 0.2) is 0 Å². The minimum Gasteiger partial charge on any atom is -0.496 e. The number of esters is 1. The first-order valence-electron chi connectivity index (χ1n) is 22.0. The van der Waals surface area contributed by atoms with Crippen LogP contribution in [0.3, 0.4) is 0 Å². The lowest BCUT2D eigenvalue weighted by atomic mass is 9.53. The predicted octanol–water partition coefficient (Wildman–Crippen LogP) is 12.2. The second-order valence-electron chi connectivity index (χ2n) is 20.0. The number of benzene rings is 7. The molecule has 3 heteroatoms. The van der Waals surface area contributed by atoms with E-state index in [4.69, 9.17) is 9.47 Å².